The zero-order valence-electron chi connectivity index (χ0n) is 10.4. The Morgan fingerprint density at radius 1 is 1.30 bits per heavy atom. The maximum Gasteiger partial charge on any atom is 0.170 e. The Labute approximate surface area is 120 Å². The van der Waals surface area contributed by atoms with Crippen molar-refractivity contribution in [1.82, 2.24) is 0 Å². The normalized spacial score (nSPS) is 11.4. The average molecular weight is 295 g/mol. The van der Waals surface area contributed by atoms with Gasteiger partial charge in [0.1, 0.15) is 18.2 Å². The molecule has 0 aromatic heterocycles. The quantitative estimate of drug-likeness (QED) is 0.394. The van der Waals surface area contributed by atoms with Crippen LogP contribution < -0.4 is 10.5 Å². The molecule has 0 saturated heterocycles. The van der Waals surface area contributed by atoms with E-state index in [9.17, 15) is 4.39 Å². The van der Waals surface area contributed by atoms with E-state index in [1.807, 2.05) is 0 Å². The van der Waals surface area contributed by atoms with Crippen molar-refractivity contribution in [2.45, 2.75) is 6.61 Å². The summed E-state index contributed by atoms with van der Waals surface area (Å²) in [6.07, 6.45) is 0. The van der Waals surface area contributed by atoms with Crippen molar-refractivity contribution >= 4 is 17.4 Å². The fourth-order valence-electron chi connectivity index (χ4n) is 1.60. The van der Waals surface area contributed by atoms with E-state index in [-0.39, 0.29) is 12.4 Å². The van der Waals surface area contributed by atoms with E-state index in [0.717, 1.165) is 0 Å². The molecule has 0 fully saturated rings. The van der Waals surface area contributed by atoms with E-state index in [2.05, 4.69) is 5.16 Å². The number of amidine groups is 1. The third-order valence-corrected chi connectivity index (χ3v) is 2.99. The van der Waals surface area contributed by atoms with Crippen LogP contribution in [0.5, 0.6) is 5.75 Å². The monoisotopic (exact) mass is 294 g/mol. The molecule has 2 aromatic rings. The zero-order chi connectivity index (χ0) is 14.5. The van der Waals surface area contributed by atoms with Crippen LogP contribution in [-0.2, 0) is 6.61 Å². The Hall–Kier alpha value is -2.27. The molecule has 6 heteroatoms. The third-order valence-electron chi connectivity index (χ3n) is 2.68. The third kappa shape index (κ3) is 3.19. The first-order valence-corrected chi connectivity index (χ1v) is 6.13. The number of benzene rings is 2. The van der Waals surface area contributed by atoms with E-state index in [4.69, 9.17) is 27.3 Å². The first-order chi connectivity index (χ1) is 9.61. The molecule has 0 bridgehead atoms. The van der Waals surface area contributed by atoms with Crippen LogP contribution in [-0.4, -0.2) is 11.0 Å². The Morgan fingerprint density at radius 2 is 2.05 bits per heavy atom. The van der Waals surface area contributed by atoms with Crippen molar-refractivity contribution in [3.8, 4) is 5.75 Å². The number of hydrogen-bond acceptors (Lipinski definition) is 3. The molecule has 2 aromatic carbocycles. The van der Waals surface area contributed by atoms with Gasteiger partial charge in [0.15, 0.2) is 5.84 Å². The summed E-state index contributed by atoms with van der Waals surface area (Å²) in [6.45, 7) is 0.0337. The van der Waals surface area contributed by atoms with Crippen LogP contribution in [0, 0.1) is 5.82 Å². The SMILES string of the molecule is N/C(=N\O)c1ccc(COc2ccccc2Cl)c(F)c1. The minimum Gasteiger partial charge on any atom is -0.487 e. The van der Waals surface area contributed by atoms with Gasteiger partial charge in [-0.25, -0.2) is 4.39 Å². The number of oxime groups is 1. The van der Waals surface area contributed by atoms with Gasteiger partial charge in [0.2, 0.25) is 0 Å². The van der Waals surface area contributed by atoms with E-state index in [0.29, 0.717) is 21.9 Å². The highest BCUT2D eigenvalue weighted by Gasteiger charge is 2.08. The molecule has 0 unspecified atom stereocenters. The van der Waals surface area contributed by atoms with Crippen LogP contribution in [0.3, 0.4) is 0 Å². The van der Waals surface area contributed by atoms with Crippen LogP contribution in [0.4, 0.5) is 4.39 Å². The molecule has 104 valence electrons. The van der Waals surface area contributed by atoms with Gasteiger partial charge < -0.3 is 15.7 Å². The van der Waals surface area contributed by atoms with Gasteiger partial charge >= 0.3 is 0 Å². The molecular formula is C14H12ClFN2O2. The highest BCUT2D eigenvalue weighted by atomic mass is 35.5. The topological polar surface area (TPSA) is 67.8 Å². The maximum atomic E-state index is 13.8. The summed E-state index contributed by atoms with van der Waals surface area (Å²) in [4.78, 5) is 0. The van der Waals surface area contributed by atoms with Crippen LogP contribution in [0.15, 0.2) is 47.6 Å². The summed E-state index contributed by atoms with van der Waals surface area (Å²) in [5.74, 6) is -0.169. The van der Waals surface area contributed by atoms with Crippen LogP contribution >= 0.6 is 11.6 Å². The second-order valence-electron chi connectivity index (χ2n) is 4.01. The first-order valence-electron chi connectivity index (χ1n) is 5.75. The van der Waals surface area contributed by atoms with Crippen molar-refractivity contribution in [2.75, 3.05) is 0 Å². The number of nitrogens with two attached hydrogens (primary N) is 1. The molecular weight excluding hydrogens is 283 g/mol. The van der Waals surface area contributed by atoms with Gasteiger partial charge in [-0.3, -0.25) is 0 Å². The molecule has 0 spiro atoms. The van der Waals surface area contributed by atoms with E-state index in [1.54, 1.807) is 30.3 Å². The Morgan fingerprint density at radius 3 is 2.70 bits per heavy atom. The Balaban J connectivity index is 2.13. The zero-order valence-corrected chi connectivity index (χ0v) is 11.1. The van der Waals surface area contributed by atoms with Crippen LogP contribution in [0.25, 0.3) is 0 Å². The lowest BCUT2D eigenvalue weighted by Gasteiger charge is -2.09. The predicted molar refractivity (Wildman–Crippen MR) is 74.7 cm³/mol. The van der Waals surface area contributed by atoms with E-state index < -0.39 is 5.82 Å². The molecule has 0 saturated carbocycles. The lowest BCUT2D eigenvalue weighted by molar-refractivity contribution is 0.300. The van der Waals surface area contributed by atoms with Crippen molar-refractivity contribution in [3.05, 3.63) is 64.4 Å². The highest BCUT2D eigenvalue weighted by Crippen LogP contribution is 2.24. The summed E-state index contributed by atoms with van der Waals surface area (Å²) < 4.78 is 19.3. The van der Waals surface area contributed by atoms with Crippen molar-refractivity contribution < 1.29 is 14.3 Å². The highest BCUT2D eigenvalue weighted by molar-refractivity contribution is 6.32. The molecule has 2 rings (SSSR count). The standard InChI is InChI=1S/C14H12ClFN2O2/c15-11-3-1-2-4-13(11)20-8-10-6-5-9(7-12(10)16)14(17)18-19/h1-7,19H,8H2,(H2,17,18). The molecule has 0 aliphatic heterocycles. The lowest BCUT2D eigenvalue weighted by atomic mass is 10.1. The molecule has 0 amide bonds. The number of rotatable bonds is 4. The van der Waals surface area contributed by atoms with Crippen molar-refractivity contribution in [1.29, 1.82) is 0 Å². The van der Waals surface area contributed by atoms with Gasteiger partial charge in [-0.1, -0.05) is 41.0 Å². The molecule has 0 radical (unpaired) electrons. The average Bonchev–Trinajstić information content (AvgIpc) is 2.46. The second-order valence-corrected chi connectivity index (χ2v) is 4.42. The molecule has 0 aliphatic carbocycles. The van der Waals surface area contributed by atoms with Gasteiger partial charge in [-0.2, -0.15) is 0 Å². The largest absolute Gasteiger partial charge is 0.487 e. The lowest BCUT2D eigenvalue weighted by Crippen LogP contribution is -2.13. The van der Waals surface area contributed by atoms with Gasteiger partial charge in [0.05, 0.1) is 5.02 Å². The van der Waals surface area contributed by atoms with Gasteiger partial charge in [-0.05, 0) is 18.2 Å². The van der Waals surface area contributed by atoms with Crippen molar-refractivity contribution in [3.63, 3.8) is 0 Å². The molecule has 0 aliphatic rings. The minimum absolute atomic E-state index is 0.0337. The molecule has 20 heavy (non-hydrogen) atoms. The van der Waals surface area contributed by atoms with E-state index >= 15 is 0 Å². The molecule has 0 atom stereocenters. The van der Waals surface area contributed by atoms with E-state index in [1.165, 1.54) is 12.1 Å². The number of para-hydroxylation sites is 1. The summed E-state index contributed by atoms with van der Waals surface area (Å²) in [6, 6.07) is 11.2. The van der Waals surface area contributed by atoms with Gasteiger partial charge in [0.25, 0.3) is 0 Å². The number of hydrogen-bond donors (Lipinski definition) is 2. The second kappa shape index (κ2) is 6.25. The smallest absolute Gasteiger partial charge is 0.170 e. The van der Waals surface area contributed by atoms with Crippen LogP contribution in [0.1, 0.15) is 11.1 Å². The van der Waals surface area contributed by atoms with Gasteiger partial charge in [0, 0.05) is 11.1 Å². The number of halogens is 2. The number of ether oxygens (including phenoxy) is 1. The molecule has 3 N–H and O–H groups in total. The fraction of sp³-hybridized carbons (Fsp3) is 0.0714. The fourth-order valence-corrected chi connectivity index (χ4v) is 1.79. The Bertz CT molecular complexity index is 647. The van der Waals surface area contributed by atoms with Gasteiger partial charge in [-0.15, -0.1) is 0 Å². The summed E-state index contributed by atoms with van der Waals surface area (Å²) >= 11 is 5.94. The minimum atomic E-state index is -0.499. The molecule has 0 heterocycles. The Kier molecular flexibility index (Phi) is 4.42. The number of nitrogens with zero attached hydrogens (tertiary/aromatic N) is 1. The predicted octanol–water partition coefficient (Wildman–Crippen LogP) is 3.15. The molecule has 4 nitrogen and oxygen atoms in total. The first kappa shape index (κ1) is 14.1. The summed E-state index contributed by atoms with van der Waals surface area (Å²) in [5.41, 5.74) is 6.03. The summed E-state index contributed by atoms with van der Waals surface area (Å²) in [5, 5.41) is 11.8. The van der Waals surface area contributed by atoms with Crippen molar-refractivity contribution in [2.24, 2.45) is 10.9 Å². The summed E-state index contributed by atoms with van der Waals surface area (Å²) in [7, 11) is 0. The maximum absolute atomic E-state index is 13.8. The van der Waals surface area contributed by atoms with Crippen LogP contribution in [0.2, 0.25) is 5.02 Å².